The Balaban J connectivity index is 2.49. The zero-order valence-electron chi connectivity index (χ0n) is 10.6. The van der Waals surface area contributed by atoms with Gasteiger partial charge in [0.1, 0.15) is 0 Å². The van der Waals surface area contributed by atoms with E-state index >= 15 is 0 Å². The van der Waals surface area contributed by atoms with Crippen molar-refractivity contribution in [2.24, 2.45) is 21.5 Å². The van der Waals surface area contributed by atoms with Gasteiger partial charge >= 0.3 is 0 Å². The van der Waals surface area contributed by atoms with E-state index in [0.29, 0.717) is 5.96 Å². The molecule has 94 valence electrons. The summed E-state index contributed by atoms with van der Waals surface area (Å²) < 4.78 is 0. The molecular formula is C11H20N6. The number of nitrogens with zero attached hydrogens (tertiary/aromatic N) is 3. The van der Waals surface area contributed by atoms with Gasteiger partial charge in [-0.25, -0.2) is 0 Å². The first-order valence-electron chi connectivity index (χ1n) is 5.45. The van der Waals surface area contributed by atoms with Crippen LogP contribution in [-0.4, -0.2) is 42.4 Å². The largest absolute Gasteiger partial charge is 0.369 e. The minimum atomic E-state index is 0.185. The number of nitrogens with one attached hydrogen (secondary N) is 1. The number of nitrogens with two attached hydrogens (primary N) is 2. The summed E-state index contributed by atoms with van der Waals surface area (Å²) in [5.41, 5.74) is 13.6. The average molecular weight is 236 g/mol. The van der Waals surface area contributed by atoms with Crippen LogP contribution in [0.25, 0.3) is 0 Å². The predicted octanol–water partition coefficient (Wildman–Crippen LogP) is 0.0566. The fourth-order valence-corrected chi connectivity index (χ4v) is 1.36. The maximum absolute atomic E-state index is 5.77. The highest BCUT2D eigenvalue weighted by Crippen LogP contribution is 2.01. The molecule has 0 aliphatic carbocycles. The molecule has 0 radical (unpaired) electrons. The summed E-state index contributed by atoms with van der Waals surface area (Å²) >= 11 is 0. The Bertz CT molecular complexity index is 417. The molecule has 0 aliphatic heterocycles. The van der Waals surface area contributed by atoms with Gasteiger partial charge in [-0.1, -0.05) is 0 Å². The van der Waals surface area contributed by atoms with Crippen LogP contribution in [0.3, 0.4) is 0 Å². The fourth-order valence-electron chi connectivity index (χ4n) is 1.36. The van der Waals surface area contributed by atoms with E-state index in [2.05, 4.69) is 27.1 Å². The quantitative estimate of drug-likeness (QED) is 0.511. The second-order valence-electron chi connectivity index (χ2n) is 3.89. The molecule has 0 atom stereocenters. The molecule has 0 unspecified atom stereocenters. The zero-order valence-corrected chi connectivity index (χ0v) is 10.6. The number of hydrogen-bond donors (Lipinski definition) is 3. The van der Waals surface area contributed by atoms with E-state index in [9.17, 15) is 0 Å². The lowest BCUT2D eigenvalue weighted by molar-refractivity contribution is 0.500. The third kappa shape index (κ3) is 4.18. The van der Waals surface area contributed by atoms with Crippen LogP contribution in [0.5, 0.6) is 0 Å². The third-order valence-electron chi connectivity index (χ3n) is 2.46. The first-order chi connectivity index (χ1) is 8.02. The van der Waals surface area contributed by atoms with E-state index < -0.39 is 0 Å². The Kier molecular flexibility index (Phi) is 4.56. The molecule has 1 heterocycles. The molecule has 0 fully saturated rings. The molecule has 1 aromatic heterocycles. The second kappa shape index (κ2) is 5.93. The van der Waals surface area contributed by atoms with Gasteiger partial charge in [-0.3, -0.25) is 4.99 Å². The predicted molar refractivity (Wildman–Crippen MR) is 71.0 cm³/mol. The number of aryl methyl sites for hydroxylation is 1. The molecule has 0 spiro atoms. The smallest absolute Gasteiger partial charge is 0.218 e. The van der Waals surface area contributed by atoms with Gasteiger partial charge in [-0.2, -0.15) is 4.99 Å². The standard InChI is InChI=1S/C11H20N6/c1-8-4-5-9(15-8)6-7-17(3)11(13)16-10(12)14-2/h4-5,15H,6-7H2,1-3H3,(H4,12,13,14,16). The third-order valence-corrected chi connectivity index (χ3v) is 2.46. The number of H-pyrrole nitrogens is 1. The van der Waals surface area contributed by atoms with Gasteiger partial charge in [0.2, 0.25) is 5.96 Å². The van der Waals surface area contributed by atoms with Crippen molar-refractivity contribution < 1.29 is 0 Å². The second-order valence-corrected chi connectivity index (χ2v) is 3.89. The van der Waals surface area contributed by atoms with Crippen molar-refractivity contribution in [3.05, 3.63) is 23.5 Å². The molecule has 6 heteroatoms. The van der Waals surface area contributed by atoms with E-state index in [1.807, 2.05) is 18.9 Å². The van der Waals surface area contributed by atoms with Crippen molar-refractivity contribution in [2.45, 2.75) is 13.3 Å². The maximum atomic E-state index is 5.77. The van der Waals surface area contributed by atoms with E-state index in [1.165, 1.54) is 5.69 Å². The number of guanidine groups is 2. The van der Waals surface area contributed by atoms with E-state index in [0.717, 1.165) is 18.7 Å². The Morgan fingerprint density at radius 3 is 2.65 bits per heavy atom. The van der Waals surface area contributed by atoms with Crippen LogP contribution >= 0.6 is 0 Å². The van der Waals surface area contributed by atoms with Gasteiger partial charge in [0.05, 0.1) is 0 Å². The van der Waals surface area contributed by atoms with Crippen LogP contribution in [0.1, 0.15) is 11.4 Å². The van der Waals surface area contributed by atoms with E-state index in [4.69, 9.17) is 11.5 Å². The Hall–Kier alpha value is -1.98. The summed E-state index contributed by atoms with van der Waals surface area (Å²) in [6.07, 6.45) is 0.879. The molecule has 17 heavy (non-hydrogen) atoms. The molecule has 0 saturated heterocycles. The monoisotopic (exact) mass is 236 g/mol. The Morgan fingerprint density at radius 1 is 1.41 bits per heavy atom. The molecule has 0 amide bonds. The summed E-state index contributed by atoms with van der Waals surface area (Å²) in [7, 11) is 3.45. The Labute approximate surface area is 101 Å². The lowest BCUT2D eigenvalue weighted by Crippen LogP contribution is -2.37. The van der Waals surface area contributed by atoms with Gasteiger partial charge < -0.3 is 21.4 Å². The summed E-state index contributed by atoms with van der Waals surface area (Å²) in [6, 6.07) is 4.12. The van der Waals surface area contributed by atoms with Crippen LogP contribution in [-0.2, 0) is 6.42 Å². The van der Waals surface area contributed by atoms with Crippen LogP contribution < -0.4 is 11.5 Å². The summed E-state index contributed by atoms with van der Waals surface area (Å²) in [4.78, 5) is 12.8. The van der Waals surface area contributed by atoms with Crippen molar-refractivity contribution in [3.8, 4) is 0 Å². The number of rotatable bonds is 3. The number of hydrogen-bond acceptors (Lipinski definition) is 1. The first-order valence-corrected chi connectivity index (χ1v) is 5.45. The SMILES string of the molecule is CN=C(N)/N=C(\N)N(C)CCc1ccc(C)[nH]1. The molecule has 0 bridgehead atoms. The average Bonchev–Trinajstić information content (AvgIpc) is 2.71. The Morgan fingerprint density at radius 2 is 2.12 bits per heavy atom. The highest BCUT2D eigenvalue weighted by Gasteiger charge is 2.03. The van der Waals surface area contributed by atoms with E-state index in [-0.39, 0.29) is 5.96 Å². The molecule has 0 saturated carbocycles. The number of aromatic amines is 1. The van der Waals surface area contributed by atoms with Crippen molar-refractivity contribution in [2.75, 3.05) is 20.6 Å². The van der Waals surface area contributed by atoms with Crippen molar-refractivity contribution in [1.29, 1.82) is 0 Å². The van der Waals surface area contributed by atoms with Crippen LogP contribution in [0, 0.1) is 6.92 Å². The lowest BCUT2D eigenvalue weighted by Gasteiger charge is -2.17. The van der Waals surface area contributed by atoms with Gasteiger partial charge in [0.15, 0.2) is 5.96 Å². The molecular weight excluding hydrogens is 216 g/mol. The summed E-state index contributed by atoms with van der Waals surface area (Å²) in [5.74, 6) is 0.557. The van der Waals surface area contributed by atoms with Gasteiger partial charge in [-0.15, -0.1) is 0 Å². The summed E-state index contributed by atoms with van der Waals surface area (Å²) in [6.45, 7) is 2.80. The molecule has 5 N–H and O–H groups in total. The number of aromatic nitrogens is 1. The number of likely N-dealkylation sites (N-methyl/N-ethyl adjacent to an activating group) is 1. The van der Waals surface area contributed by atoms with Crippen LogP contribution in [0.4, 0.5) is 0 Å². The van der Waals surface area contributed by atoms with Crippen molar-refractivity contribution >= 4 is 11.9 Å². The topological polar surface area (TPSA) is 95.8 Å². The minimum Gasteiger partial charge on any atom is -0.369 e. The number of aliphatic imine (C=N–C) groups is 2. The van der Waals surface area contributed by atoms with Gasteiger partial charge in [0, 0.05) is 38.4 Å². The normalized spacial score (nSPS) is 12.9. The maximum Gasteiger partial charge on any atom is 0.218 e. The molecule has 1 rings (SSSR count). The zero-order chi connectivity index (χ0) is 12.8. The highest BCUT2D eigenvalue weighted by molar-refractivity contribution is 5.93. The van der Waals surface area contributed by atoms with Gasteiger partial charge in [0.25, 0.3) is 0 Å². The van der Waals surface area contributed by atoms with Crippen molar-refractivity contribution in [3.63, 3.8) is 0 Å². The molecule has 0 aromatic carbocycles. The fraction of sp³-hybridized carbons (Fsp3) is 0.455. The lowest BCUT2D eigenvalue weighted by atomic mass is 10.3. The minimum absolute atomic E-state index is 0.185. The van der Waals surface area contributed by atoms with Gasteiger partial charge in [-0.05, 0) is 19.1 Å². The van der Waals surface area contributed by atoms with E-state index in [1.54, 1.807) is 7.05 Å². The highest BCUT2D eigenvalue weighted by atomic mass is 15.3. The van der Waals surface area contributed by atoms with Crippen LogP contribution in [0.2, 0.25) is 0 Å². The molecule has 1 aromatic rings. The van der Waals surface area contributed by atoms with Crippen LogP contribution in [0.15, 0.2) is 22.1 Å². The first kappa shape index (κ1) is 13.1. The van der Waals surface area contributed by atoms with Crippen molar-refractivity contribution in [1.82, 2.24) is 9.88 Å². The molecule has 0 aliphatic rings. The summed E-state index contributed by atoms with van der Waals surface area (Å²) in [5, 5.41) is 0. The molecule has 6 nitrogen and oxygen atoms in total.